The Hall–Kier alpha value is -1.84. The van der Waals surface area contributed by atoms with Crippen LogP contribution >= 0.6 is 0 Å². The van der Waals surface area contributed by atoms with Crippen molar-refractivity contribution >= 4 is 0 Å². The maximum absolute atomic E-state index is 10.2. The van der Waals surface area contributed by atoms with Gasteiger partial charge in [-0.1, -0.05) is 59.6 Å². The van der Waals surface area contributed by atoms with Crippen LogP contribution in [0.2, 0.25) is 0 Å². The summed E-state index contributed by atoms with van der Waals surface area (Å²) >= 11 is 0. The van der Waals surface area contributed by atoms with E-state index in [1.54, 1.807) is 4.80 Å². The molecule has 1 aromatic heterocycles. The largest absolute Gasteiger partial charge is 0.505 e. The van der Waals surface area contributed by atoms with Gasteiger partial charge in [-0.3, -0.25) is 0 Å². The minimum absolute atomic E-state index is 0.298. The number of aromatic nitrogens is 3. The number of para-hydroxylation sites is 1. The van der Waals surface area contributed by atoms with Crippen LogP contribution in [0.5, 0.6) is 5.75 Å². The van der Waals surface area contributed by atoms with Crippen molar-refractivity contribution in [1.82, 2.24) is 15.0 Å². The highest BCUT2D eigenvalue weighted by Gasteiger charge is 2.17. The number of hydrogen-bond acceptors (Lipinski definition) is 3. The summed E-state index contributed by atoms with van der Waals surface area (Å²) in [6.45, 7) is 10.5. The lowest BCUT2D eigenvalue weighted by atomic mass is 10.0. The summed E-state index contributed by atoms with van der Waals surface area (Å²) in [5, 5.41) is 19.2. The van der Waals surface area contributed by atoms with Crippen LogP contribution in [0.25, 0.3) is 5.69 Å². The van der Waals surface area contributed by atoms with Crippen molar-refractivity contribution in [3.63, 3.8) is 0 Å². The molecule has 0 saturated heterocycles. The monoisotopic (exact) mass is 331 g/mol. The zero-order chi connectivity index (χ0) is 17.9. The highest BCUT2D eigenvalue weighted by atomic mass is 16.3. The molecule has 134 valence electrons. The number of aryl methyl sites for hydroxylation is 3. The Morgan fingerprint density at radius 1 is 0.917 bits per heavy atom. The Bertz CT molecular complexity index is 579. The van der Waals surface area contributed by atoms with Crippen LogP contribution in [0, 0.1) is 0 Å². The predicted molar refractivity (Wildman–Crippen MR) is 101 cm³/mol. The number of phenols is 1. The smallest absolute Gasteiger partial charge is 0.146 e. The van der Waals surface area contributed by atoms with E-state index in [0.29, 0.717) is 11.4 Å². The minimum Gasteiger partial charge on any atom is -0.505 e. The SMILES string of the molecule is CCC.CCC.CCc1cccc(-n2nc3c(n2)CCCC3)c1O. The molecule has 24 heavy (non-hydrogen) atoms. The van der Waals surface area contributed by atoms with E-state index in [1.807, 2.05) is 25.1 Å². The van der Waals surface area contributed by atoms with Crippen molar-refractivity contribution in [2.75, 3.05) is 0 Å². The third kappa shape index (κ3) is 5.36. The lowest BCUT2D eigenvalue weighted by Crippen LogP contribution is -2.01. The molecule has 1 aromatic carbocycles. The van der Waals surface area contributed by atoms with Crippen LogP contribution in [-0.4, -0.2) is 20.1 Å². The molecule has 1 aliphatic carbocycles. The molecule has 3 rings (SSSR count). The highest BCUT2D eigenvalue weighted by Crippen LogP contribution is 2.27. The quantitative estimate of drug-likeness (QED) is 0.818. The first-order valence-corrected chi connectivity index (χ1v) is 9.38. The maximum atomic E-state index is 10.2. The fraction of sp³-hybridized carbons (Fsp3) is 0.600. The van der Waals surface area contributed by atoms with Gasteiger partial charge in [0, 0.05) is 0 Å². The van der Waals surface area contributed by atoms with Crippen molar-refractivity contribution in [1.29, 1.82) is 0 Å². The number of rotatable bonds is 2. The molecular weight excluding hydrogens is 298 g/mol. The minimum atomic E-state index is 0.298. The van der Waals surface area contributed by atoms with Gasteiger partial charge in [0.25, 0.3) is 0 Å². The second-order valence-corrected chi connectivity index (χ2v) is 6.14. The van der Waals surface area contributed by atoms with Gasteiger partial charge in [0.05, 0.1) is 11.4 Å². The molecule has 0 unspecified atom stereocenters. The molecule has 0 amide bonds. The molecule has 1 heterocycles. The third-order valence-corrected chi connectivity index (χ3v) is 3.54. The summed E-state index contributed by atoms with van der Waals surface area (Å²) in [4.78, 5) is 1.59. The molecule has 0 spiro atoms. The molecule has 4 nitrogen and oxygen atoms in total. The van der Waals surface area contributed by atoms with E-state index >= 15 is 0 Å². The molecule has 1 aliphatic rings. The number of nitrogens with zero attached hydrogens (tertiary/aromatic N) is 3. The van der Waals surface area contributed by atoms with Crippen LogP contribution < -0.4 is 0 Å². The van der Waals surface area contributed by atoms with Crippen LogP contribution in [-0.2, 0) is 19.3 Å². The second-order valence-electron chi connectivity index (χ2n) is 6.14. The van der Waals surface area contributed by atoms with Crippen molar-refractivity contribution < 1.29 is 5.11 Å². The van der Waals surface area contributed by atoms with Crippen molar-refractivity contribution in [3.05, 3.63) is 35.2 Å². The first kappa shape index (κ1) is 20.2. The fourth-order valence-corrected chi connectivity index (χ4v) is 2.47. The molecule has 0 saturated carbocycles. The molecule has 2 aromatic rings. The summed E-state index contributed by atoms with van der Waals surface area (Å²) < 4.78 is 0. The topological polar surface area (TPSA) is 50.9 Å². The number of aromatic hydroxyl groups is 1. The van der Waals surface area contributed by atoms with Gasteiger partial charge in [-0.2, -0.15) is 10.2 Å². The van der Waals surface area contributed by atoms with Crippen LogP contribution in [0.1, 0.15) is 77.3 Å². The normalized spacial score (nSPS) is 12.4. The highest BCUT2D eigenvalue weighted by molar-refractivity contribution is 5.49. The van der Waals surface area contributed by atoms with E-state index in [4.69, 9.17) is 0 Å². The molecule has 0 fully saturated rings. The summed E-state index contributed by atoms with van der Waals surface area (Å²) in [5.74, 6) is 0.298. The van der Waals surface area contributed by atoms with Crippen molar-refractivity contribution in [2.45, 2.75) is 79.6 Å². The lowest BCUT2D eigenvalue weighted by molar-refractivity contribution is 0.461. The molecule has 0 aliphatic heterocycles. The van der Waals surface area contributed by atoms with Gasteiger partial charge in [0.15, 0.2) is 0 Å². The van der Waals surface area contributed by atoms with Gasteiger partial charge in [-0.05, 0) is 43.7 Å². The van der Waals surface area contributed by atoms with Gasteiger partial charge in [-0.15, -0.1) is 4.80 Å². The zero-order valence-electron chi connectivity index (χ0n) is 16.0. The standard InChI is InChI=1S/C14H17N3O.2C3H8/c1-2-10-6-5-9-13(14(10)18)17-15-11-7-3-4-8-12(11)16-17;2*1-3-2/h5-6,9,18H,2-4,7-8H2,1H3;2*3H2,1-2H3. The van der Waals surface area contributed by atoms with Gasteiger partial charge in [0.1, 0.15) is 11.4 Å². The predicted octanol–water partition coefficient (Wildman–Crippen LogP) is 5.25. The van der Waals surface area contributed by atoms with Crippen LogP contribution in [0.4, 0.5) is 0 Å². The van der Waals surface area contributed by atoms with Gasteiger partial charge in [-0.25, -0.2) is 0 Å². The molecular formula is C20H33N3O. The zero-order valence-corrected chi connectivity index (χ0v) is 16.0. The summed E-state index contributed by atoms with van der Waals surface area (Å²) in [6.07, 6.45) is 7.69. The first-order valence-electron chi connectivity index (χ1n) is 9.38. The summed E-state index contributed by atoms with van der Waals surface area (Å²) in [5.41, 5.74) is 3.79. The Balaban J connectivity index is 0.000000423. The van der Waals surface area contributed by atoms with E-state index in [9.17, 15) is 5.11 Å². The fourth-order valence-electron chi connectivity index (χ4n) is 2.47. The molecule has 0 bridgehead atoms. The Labute approximate surface area is 146 Å². The lowest BCUT2D eigenvalue weighted by Gasteiger charge is -2.06. The van der Waals surface area contributed by atoms with Gasteiger partial charge >= 0.3 is 0 Å². The van der Waals surface area contributed by atoms with E-state index in [-0.39, 0.29) is 0 Å². The molecule has 1 N–H and O–H groups in total. The number of hydrogen-bond donors (Lipinski definition) is 1. The van der Waals surface area contributed by atoms with Crippen LogP contribution in [0.3, 0.4) is 0 Å². The molecule has 0 radical (unpaired) electrons. The summed E-state index contributed by atoms with van der Waals surface area (Å²) in [6, 6.07) is 5.73. The van der Waals surface area contributed by atoms with E-state index in [0.717, 1.165) is 36.2 Å². The molecule has 0 atom stereocenters. The van der Waals surface area contributed by atoms with Gasteiger partial charge < -0.3 is 5.11 Å². The van der Waals surface area contributed by atoms with Crippen molar-refractivity contribution in [2.24, 2.45) is 0 Å². The number of fused-ring (bicyclic) bond motifs is 1. The average molecular weight is 332 g/mol. The third-order valence-electron chi connectivity index (χ3n) is 3.54. The van der Waals surface area contributed by atoms with Gasteiger partial charge in [0.2, 0.25) is 0 Å². The van der Waals surface area contributed by atoms with E-state index in [1.165, 1.54) is 25.7 Å². The Kier molecular flexibility index (Phi) is 9.13. The second kappa shape index (κ2) is 10.8. The average Bonchev–Trinajstić information content (AvgIpc) is 3.00. The van der Waals surface area contributed by atoms with Crippen molar-refractivity contribution in [3.8, 4) is 11.4 Å². The first-order chi connectivity index (χ1) is 11.6. The Morgan fingerprint density at radius 2 is 1.42 bits per heavy atom. The van der Waals surface area contributed by atoms with E-state index < -0.39 is 0 Å². The number of phenolic OH excluding ortho intramolecular Hbond substituents is 1. The maximum Gasteiger partial charge on any atom is 0.146 e. The summed E-state index contributed by atoms with van der Waals surface area (Å²) in [7, 11) is 0. The Morgan fingerprint density at radius 3 is 1.88 bits per heavy atom. The van der Waals surface area contributed by atoms with E-state index in [2.05, 4.69) is 37.9 Å². The number of benzene rings is 1. The van der Waals surface area contributed by atoms with Crippen LogP contribution in [0.15, 0.2) is 18.2 Å². The molecule has 4 heteroatoms.